The van der Waals surface area contributed by atoms with E-state index in [9.17, 15) is 0 Å². The molecule has 0 aromatic heterocycles. The summed E-state index contributed by atoms with van der Waals surface area (Å²) in [4.78, 5) is 0. The van der Waals surface area contributed by atoms with E-state index < -0.39 is 0 Å². The van der Waals surface area contributed by atoms with Gasteiger partial charge in [-0.25, -0.2) is 0 Å². The standard InChI is InChI=1S/C7H14O3/c1-5-4-9-6(2)10-7(5)8-3/h5-7H,4H2,1-3H3. The minimum absolute atomic E-state index is 0.0938. The molecule has 3 heteroatoms. The van der Waals surface area contributed by atoms with Crippen LogP contribution in [0.2, 0.25) is 0 Å². The topological polar surface area (TPSA) is 27.7 Å². The van der Waals surface area contributed by atoms with Crippen molar-refractivity contribution in [3.05, 3.63) is 0 Å². The maximum Gasteiger partial charge on any atom is 0.165 e. The van der Waals surface area contributed by atoms with Gasteiger partial charge in [-0.1, -0.05) is 6.92 Å². The van der Waals surface area contributed by atoms with Gasteiger partial charge in [0.2, 0.25) is 0 Å². The molecule has 0 amide bonds. The van der Waals surface area contributed by atoms with E-state index in [-0.39, 0.29) is 12.6 Å². The van der Waals surface area contributed by atoms with E-state index in [2.05, 4.69) is 0 Å². The van der Waals surface area contributed by atoms with Gasteiger partial charge in [-0.2, -0.15) is 0 Å². The van der Waals surface area contributed by atoms with Crippen molar-refractivity contribution in [1.82, 2.24) is 0 Å². The van der Waals surface area contributed by atoms with Crippen LogP contribution in [0.3, 0.4) is 0 Å². The summed E-state index contributed by atoms with van der Waals surface area (Å²) in [7, 11) is 1.65. The van der Waals surface area contributed by atoms with Crippen molar-refractivity contribution in [2.45, 2.75) is 26.4 Å². The summed E-state index contributed by atoms with van der Waals surface area (Å²) in [5.74, 6) is 0.334. The van der Waals surface area contributed by atoms with Crippen LogP contribution in [0.5, 0.6) is 0 Å². The molecule has 0 aromatic carbocycles. The first-order valence-corrected chi connectivity index (χ1v) is 3.54. The summed E-state index contributed by atoms with van der Waals surface area (Å²) in [6, 6.07) is 0. The zero-order valence-electron chi connectivity index (χ0n) is 6.66. The zero-order valence-corrected chi connectivity index (χ0v) is 6.66. The Morgan fingerprint density at radius 1 is 1.40 bits per heavy atom. The molecule has 0 saturated carbocycles. The van der Waals surface area contributed by atoms with Crippen molar-refractivity contribution in [3.63, 3.8) is 0 Å². The third-order valence-electron chi connectivity index (χ3n) is 1.62. The lowest BCUT2D eigenvalue weighted by atomic mass is 10.2. The van der Waals surface area contributed by atoms with Gasteiger partial charge in [-0.05, 0) is 6.92 Å². The Hall–Kier alpha value is -0.120. The Labute approximate surface area is 61.3 Å². The molecule has 3 atom stereocenters. The zero-order chi connectivity index (χ0) is 7.56. The smallest absolute Gasteiger partial charge is 0.165 e. The number of hydrogen-bond acceptors (Lipinski definition) is 3. The second kappa shape index (κ2) is 3.32. The van der Waals surface area contributed by atoms with Crippen LogP contribution in [0.15, 0.2) is 0 Å². The molecule has 1 heterocycles. The summed E-state index contributed by atoms with van der Waals surface area (Å²) in [5.41, 5.74) is 0. The summed E-state index contributed by atoms with van der Waals surface area (Å²) >= 11 is 0. The summed E-state index contributed by atoms with van der Waals surface area (Å²) in [6.45, 7) is 4.64. The molecule has 1 aliphatic rings. The lowest BCUT2D eigenvalue weighted by Crippen LogP contribution is -2.38. The SMILES string of the molecule is COC1OC(C)OCC1C. The molecule has 10 heavy (non-hydrogen) atoms. The summed E-state index contributed by atoms with van der Waals surface area (Å²) in [6.07, 6.45) is -0.218. The number of hydrogen-bond donors (Lipinski definition) is 0. The van der Waals surface area contributed by atoms with Crippen LogP contribution >= 0.6 is 0 Å². The van der Waals surface area contributed by atoms with Crippen LogP contribution < -0.4 is 0 Å². The van der Waals surface area contributed by atoms with Crippen LogP contribution in [0, 0.1) is 5.92 Å². The predicted molar refractivity (Wildman–Crippen MR) is 36.5 cm³/mol. The number of methoxy groups -OCH3 is 1. The Morgan fingerprint density at radius 2 is 2.10 bits per heavy atom. The minimum Gasteiger partial charge on any atom is -0.355 e. The third kappa shape index (κ3) is 1.68. The van der Waals surface area contributed by atoms with Gasteiger partial charge in [0.25, 0.3) is 0 Å². The lowest BCUT2D eigenvalue weighted by Gasteiger charge is -2.31. The highest BCUT2D eigenvalue weighted by Gasteiger charge is 2.25. The molecule has 0 aliphatic carbocycles. The van der Waals surface area contributed by atoms with E-state index in [0.717, 1.165) is 6.61 Å². The van der Waals surface area contributed by atoms with Crippen molar-refractivity contribution in [2.24, 2.45) is 5.92 Å². The molecule has 0 bridgehead atoms. The molecular formula is C7H14O3. The second-order valence-electron chi connectivity index (χ2n) is 2.62. The predicted octanol–water partition coefficient (Wildman–Crippen LogP) is 0.988. The monoisotopic (exact) mass is 146 g/mol. The molecule has 3 nitrogen and oxygen atoms in total. The average molecular weight is 146 g/mol. The van der Waals surface area contributed by atoms with Crippen molar-refractivity contribution < 1.29 is 14.2 Å². The van der Waals surface area contributed by atoms with Crippen LogP contribution in [0.1, 0.15) is 13.8 Å². The number of rotatable bonds is 1. The molecule has 0 radical (unpaired) electrons. The largest absolute Gasteiger partial charge is 0.355 e. The molecule has 0 aromatic rings. The number of ether oxygens (including phenoxy) is 3. The first-order chi connectivity index (χ1) is 4.74. The Kier molecular flexibility index (Phi) is 2.65. The molecule has 1 rings (SSSR count). The molecule has 0 N–H and O–H groups in total. The van der Waals surface area contributed by atoms with Gasteiger partial charge in [0, 0.05) is 13.0 Å². The van der Waals surface area contributed by atoms with Gasteiger partial charge >= 0.3 is 0 Å². The normalized spacial score (nSPS) is 41.7. The molecule has 0 spiro atoms. The molecule has 1 fully saturated rings. The van der Waals surface area contributed by atoms with E-state index in [0.29, 0.717) is 5.92 Å². The third-order valence-corrected chi connectivity index (χ3v) is 1.62. The first-order valence-electron chi connectivity index (χ1n) is 3.54. The van der Waals surface area contributed by atoms with Gasteiger partial charge in [0.1, 0.15) is 0 Å². The van der Waals surface area contributed by atoms with Crippen LogP contribution in [0.25, 0.3) is 0 Å². The van der Waals surface area contributed by atoms with Crippen molar-refractivity contribution in [3.8, 4) is 0 Å². The van der Waals surface area contributed by atoms with Gasteiger partial charge in [0.05, 0.1) is 6.61 Å². The van der Waals surface area contributed by atoms with Gasteiger partial charge in [-0.15, -0.1) is 0 Å². The van der Waals surface area contributed by atoms with E-state index in [1.54, 1.807) is 7.11 Å². The average Bonchev–Trinajstić information content (AvgIpc) is 1.94. The van der Waals surface area contributed by atoms with Crippen molar-refractivity contribution >= 4 is 0 Å². The van der Waals surface area contributed by atoms with E-state index in [1.807, 2.05) is 13.8 Å². The van der Waals surface area contributed by atoms with E-state index >= 15 is 0 Å². The van der Waals surface area contributed by atoms with E-state index in [4.69, 9.17) is 14.2 Å². The quantitative estimate of drug-likeness (QED) is 0.552. The first kappa shape index (κ1) is 7.98. The molecule has 1 saturated heterocycles. The van der Waals surface area contributed by atoms with Crippen LogP contribution in [-0.2, 0) is 14.2 Å². The van der Waals surface area contributed by atoms with Gasteiger partial charge in [0.15, 0.2) is 12.6 Å². The van der Waals surface area contributed by atoms with Crippen molar-refractivity contribution in [2.75, 3.05) is 13.7 Å². The molecule has 1 aliphatic heterocycles. The fourth-order valence-corrected chi connectivity index (χ4v) is 1.02. The van der Waals surface area contributed by atoms with Crippen molar-refractivity contribution in [1.29, 1.82) is 0 Å². The molecular weight excluding hydrogens is 132 g/mol. The van der Waals surface area contributed by atoms with Gasteiger partial charge < -0.3 is 14.2 Å². The second-order valence-corrected chi connectivity index (χ2v) is 2.62. The highest BCUT2D eigenvalue weighted by Crippen LogP contribution is 2.17. The Morgan fingerprint density at radius 3 is 2.60 bits per heavy atom. The maximum atomic E-state index is 5.30. The van der Waals surface area contributed by atoms with Gasteiger partial charge in [-0.3, -0.25) is 0 Å². The Balaban J connectivity index is 2.38. The fraction of sp³-hybridized carbons (Fsp3) is 1.00. The lowest BCUT2D eigenvalue weighted by molar-refractivity contribution is -0.293. The summed E-state index contributed by atoms with van der Waals surface area (Å²) < 4.78 is 15.6. The summed E-state index contributed by atoms with van der Waals surface area (Å²) in [5, 5.41) is 0. The molecule has 3 unspecified atom stereocenters. The fourth-order valence-electron chi connectivity index (χ4n) is 1.02. The van der Waals surface area contributed by atoms with Crippen LogP contribution in [-0.4, -0.2) is 26.3 Å². The highest BCUT2D eigenvalue weighted by atomic mass is 16.8. The minimum atomic E-state index is -0.124. The van der Waals surface area contributed by atoms with E-state index in [1.165, 1.54) is 0 Å². The maximum absolute atomic E-state index is 5.30. The Bertz CT molecular complexity index is 105. The molecule has 60 valence electrons. The van der Waals surface area contributed by atoms with Crippen LogP contribution in [0.4, 0.5) is 0 Å². The highest BCUT2D eigenvalue weighted by molar-refractivity contribution is 4.60.